The van der Waals surface area contributed by atoms with E-state index in [1.165, 1.54) is 16.8 Å². The number of nitrogens with two attached hydrogens (primary N) is 1. The molecule has 1 fully saturated rings. The van der Waals surface area contributed by atoms with Gasteiger partial charge in [0.25, 0.3) is 5.91 Å². The number of halogens is 1. The van der Waals surface area contributed by atoms with E-state index in [1.54, 1.807) is 7.05 Å². The summed E-state index contributed by atoms with van der Waals surface area (Å²) in [6.07, 6.45) is 4.47. The molecule has 1 saturated heterocycles. The minimum atomic E-state index is -3.60. The number of hydrogen-bond acceptors (Lipinski definition) is 4. The first-order valence-corrected chi connectivity index (χ1v) is 8.55. The van der Waals surface area contributed by atoms with Crippen LogP contribution in [0.5, 0.6) is 0 Å². The minimum absolute atomic E-state index is 0. The number of nitrogens with one attached hydrogen (secondary N) is 2. The monoisotopic (exact) mass is 350 g/mol. The number of aryl methyl sites for hydroxylation is 1. The first kappa shape index (κ1) is 19.0. The Balaban J connectivity index is 0.00000242. The van der Waals surface area contributed by atoms with Gasteiger partial charge in [0.2, 0.25) is 10.0 Å². The number of aromatic nitrogens is 1. The van der Waals surface area contributed by atoms with Gasteiger partial charge < -0.3 is 15.6 Å². The number of primary amides is 1. The van der Waals surface area contributed by atoms with E-state index in [0.717, 1.165) is 32.4 Å². The van der Waals surface area contributed by atoms with Crippen LogP contribution in [0.2, 0.25) is 0 Å². The van der Waals surface area contributed by atoms with Gasteiger partial charge in [0.05, 0.1) is 0 Å². The molecule has 7 nitrogen and oxygen atoms in total. The molecule has 2 rings (SSSR count). The topological polar surface area (TPSA) is 106 Å². The first-order valence-electron chi connectivity index (χ1n) is 7.06. The van der Waals surface area contributed by atoms with Crippen molar-refractivity contribution in [3.63, 3.8) is 0 Å². The zero-order chi connectivity index (χ0) is 15.5. The average Bonchev–Trinajstić information content (AvgIpc) is 2.83. The Kier molecular flexibility index (Phi) is 6.86. The summed E-state index contributed by atoms with van der Waals surface area (Å²) in [7, 11) is -2.01. The summed E-state index contributed by atoms with van der Waals surface area (Å²) in [4.78, 5) is 11.2. The van der Waals surface area contributed by atoms with Crippen LogP contribution in [-0.4, -0.2) is 38.5 Å². The third-order valence-electron chi connectivity index (χ3n) is 3.79. The molecule has 0 bridgehead atoms. The highest BCUT2D eigenvalue weighted by atomic mass is 35.5. The van der Waals surface area contributed by atoms with Crippen LogP contribution in [0.25, 0.3) is 0 Å². The molecule has 126 valence electrons. The summed E-state index contributed by atoms with van der Waals surface area (Å²) in [6, 6.07) is 1.30. The summed E-state index contributed by atoms with van der Waals surface area (Å²) >= 11 is 0. The molecule has 4 N–H and O–H groups in total. The van der Waals surface area contributed by atoms with Crippen LogP contribution in [0.1, 0.15) is 29.8 Å². The van der Waals surface area contributed by atoms with Crippen LogP contribution >= 0.6 is 12.4 Å². The van der Waals surface area contributed by atoms with Crippen molar-refractivity contribution in [2.24, 2.45) is 18.7 Å². The second-order valence-corrected chi connectivity index (χ2v) is 7.20. The van der Waals surface area contributed by atoms with E-state index < -0.39 is 15.9 Å². The van der Waals surface area contributed by atoms with E-state index in [1.807, 2.05) is 0 Å². The molecule has 0 aliphatic carbocycles. The van der Waals surface area contributed by atoms with Crippen LogP contribution < -0.4 is 15.8 Å². The van der Waals surface area contributed by atoms with Gasteiger partial charge in [0, 0.05) is 19.8 Å². The van der Waals surface area contributed by atoms with E-state index in [-0.39, 0.29) is 23.0 Å². The largest absolute Gasteiger partial charge is 0.364 e. The fourth-order valence-corrected chi connectivity index (χ4v) is 3.69. The summed E-state index contributed by atoms with van der Waals surface area (Å²) in [5.41, 5.74) is 5.36. The van der Waals surface area contributed by atoms with Crippen LogP contribution in [0.3, 0.4) is 0 Å². The quantitative estimate of drug-likeness (QED) is 0.682. The second-order valence-electron chi connectivity index (χ2n) is 5.44. The minimum Gasteiger partial charge on any atom is -0.364 e. The Morgan fingerprint density at radius 1 is 1.55 bits per heavy atom. The Hall–Kier alpha value is -1.09. The molecular weight excluding hydrogens is 328 g/mol. The zero-order valence-corrected chi connectivity index (χ0v) is 14.2. The molecule has 1 atom stereocenters. The SMILES string of the molecule is Cl.Cn1cc(S(=O)(=O)NCCC2CCCNC2)cc1C(N)=O. The van der Waals surface area contributed by atoms with Gasteiger partial charge in [0.1, 0.15) is 10.6 Å². The number of hydrogen-bond donors (Lipinski definition) is 3. The Labute approximate surface area is 137 Å². The summed E-state index contributed by atoms with van der Waals surface area (Å²) < 4.78 is 28.3. The van der Waals surface area contributed by atoms with E-state index >= 15 is 0 Å². The lowest BCUT2D eigenvalue weighted by Gasteiger charge is -2.22. The zero-order valence-electron chi connectivity index (χ0n) is 12.5. The number of carbonyl (C=O) groups excluding carboxylic acids is 1. The number of sulfonamides is 1. The molecule has 22 heavy (non-hydrogen) atoms. The third kappa shape index (κ3) is 4.70. The van der Waals surface area contributed by atoms with E-state index in [0.29, 0.717) is 12.5 Å². The number of carbonyl (C=O) groups is 1. The lowest BCUT2D eigenvalue weighted by Crippen LogP contribution is -2.33. The van der Waals surface area contributed by atoms with Gasteiger partial charge in [-0.25, -0.2) is 13.1 Å². The van der Waals surface area contributed by atoms with Crippen molar-refractivity contribution in [1.29, 1.82) is 0 Å². The predicted octanol–water partition coefficient (Wildman–Crippen LogP) is 0.214. The number of piperidine rings is 1. The third-order valence-corrected chi connectivity index (χ3v) is 5.21. The van der Waals surface area contributed by atoms with E-state index in [2.05, 4.69) is 10.0 Å². The summed E-state index contributed by atoms with van der Waals surface area (Å²) in [5.74, 6) is -0.134. The van der Waals surface area contributed by atoms with Crippen LogP contribution in [0.4, 0.5) is 0 Å². The van der Waals surface area contributed by atoms with E-state index in [4.69, 9.17) is 5.73 Å². The molecule has 0 saturated carbocycles. The Morgan fingerprint density at radius 2 is 2.27 bits per heavy atom. The fourth-order valence-electron chi connectivity index (χ4n) is 2.58. The highest BCUT2D eigenvalue weighted by Gasteiger charge is 2.20. The maximum absolute atomic E-state index is 12.2. The Morgan fingerprint density at radius 3 is 2.82 bits per heavy atom. The smallest absolute Gasteiger partial charge is 0.265 e. The predicted molar refractivity (Wildman–Crippen MR) is 86.6 cm³/mol. The standard InChI is InChI=1S/C13H22N4O3S.ClH/c1-17-9-11(7-12(17)13(14)18)21(19,20)16-6-4-10-3-2-5-15-8-10;/h7,9-10,15-16H,2-6,8H2,1H3,(H2,14,18);1H. The van der Waals surface area contributed by atoms with Crippen molar-refractivity contribution in [3.8, 4) is 0 Å². The van der Waals surface area contributed by atoms with Crippen LogP contribution in [0.15, 0.2) is 17.2 Å². The van der Waals surface area contributed by atoms with Crippen molar-refractivity contribution in [2.75, 3.05) is 19.6 Å². The van der Waals surface area contributed by atoms with Gasteiger partial charge in [0.15, 0.2) is 0 Å². The van der Waals surface area contributed by atoms with Crippen LogP contribution in [-0.2, 0) is 17.1 Å². The van der Waals surface area contributed by atoms with Crippen molar-refractivity contribution in [1.82, 2.24) is 14.6 Å². The maximum Gasteiger partial charge on any atom is 0.265 e. The molecule has 1 aromatic rings. The molecular formula is C13H23ClN4O3S. The lowest BCUT2D eigenvalue weighted by atomic mass is 9.96. The highest BCUT2D eigenvalue weighted by Crippen LogP contribution is 2.15. The van der Waals surface area contributed by atoms with Gasteiger partial charge in [-0.15, -0.1) is 12.4 Å². The molecule has 0 radical (unpaired) electrons. The average molecular weight is 351 g/mol. The van der Waals surface area contributed by atoms with Crippen molar-refractivity contribution >= 4 is 28.3 Å². The fraction of sp³-hybridized carbons (Fsp3) is 0.615. The molecule has 1 amide bonds. The number of rotatable bonds is 6. The molecule has 1 unspecified atom stereocenters. The summed E-state index contributed by atoms with van der Waals surface area (Å²) in [6.45, 7) is 2.39. The van der Waals surface area contributed by atoms with Crippen molar-refractivity contribution in [3.05, 3.63) is 18.0 Å². The molecule has 0 spiro atoms. The van der Waals surface area contributed by atoms with Gasteiger partial charge in [-0.1, -0.05) is 0 Å². The van der Waals surface area contributed by atoms with Gasteiger partial charge in [-0.3, -0.25) is 4.79 Å². The molecule has 1 aromatic heterocycles. The van der Waals surface area contributed by atoms with Crippen LogP contribution in [0, 0.1) is 5.92 Å². The maximum atomic E-state index is 12.2. The molecule has 9 heteroatoms. The molecule has 2 heterocycles. The van der Waals surface area contributed by atoms with Crippen molar-refractivity contribution < 1.29 is 13.2 Å². The molecule has 0 aromatic carbocycles. The number of nitrogens with zero attached hydrogens (tertiary/aromatic N) is 1. The van der Waals surface area contributed by atoms with Gasteiger partial charge in [-0.05, 0) is 44.3 Å². The first-order chi connectivity index (χ1) is 9.90. The highest BCUT2D eigenvalue weighted by molar-refractivity contribution is 7.89. The normalized spacial score (nSPS) is 18.7. The van der Waals surface area contributed by atoms with Crippen molar-refractivity contribution in [2.45, 2.75) is 24.2 Å². The van der Waals surface area contributed by atoms with Gasteiger partial charge >= 0.3 is 0 Å². The number of amides is 1. The molecule has 1 aliphatic rings. The molecule has 1 aliphatic heterocycles. The second kappa shape index (κ2) is 7.96. The van der Waals surface area contributed by atoms with E-state index in [9.17, 15) is 13.2 Å². The lowest BCUT2D eigenvalue weighted by molar-refractivity contribution is 0.0992. The summed E-state index contributed by atoms with van der Waals surface area (Å²) in [5, 5.41) is 3.31. The van der Waals surface area contributed by atoms with Gasteiger partial charge in [-0.2, -0.15) is 0 Å². The Bertz CT molecular complexity index is 609.